The molecular formula is C48H52BF24N4NaO+4. The first-order chi connectivity index (χ1) is 35.3. The van der Waals surface area contributed by atoms with E-state index in [9.17, 15) is 105 Å². The Kier molecular flexibility index (Phi) is 22.9. The van der Waals surface area contributed by atoms with Crippen molar-refractivity contribution < 1.29 is 159 Å². The third kappa shape index (κ3) is 19.3. The molecule has 0 spiro atoms. The van der Waals surface area contributed by atoms with Gasteiger partial charge in [0.25, 0.3) is 0 Å². The largest absolute Gasteiger partial charge is 1.00 e. The molecule has 438 valence electrons. The van der Waals surface area contributed by atoms with Gasteiger partial charge in [-0.2, -0.15) is 127 Å². The van der Waals surface area contributed by atoms with Crippen LogP contribution >= 0.6 is 0 Å². The van der Waals surface area contributed by atoms with Gasteiger partial charge in [0, 0.05) is 13.2 Å². The second-order valence-electron chi connectivity index (χ2n) is 19.4. The minimum absolute atomic E-state index is 0. The number of hydrogen-bond donors (Lipinski definition) is 4. The number of nitrogens with one attached hydrogen (secondary N) is 4. The Hall–Kier alpha value is -3.94. The molecule has 0 aromatic heterocycles. The van der Waals surface area contributed by atoms with Gasteiger partial charge in [0.15, 0.2) is 0 Å². The summed E-state index contributed by atoms with van der Waals surface area (Å²) in [6.45, 7) is 12.5. The van der Waals surface area contributed by atoms with E-state index in [1.54, 1.807) is 19.6 Å². The summed E-state index contributed by atoms with van der Waals surface area (Å²) >= 11 is 0. The molecule has 0 aliphatic carbocycles. The zero-order valence-electron chi connectivity index (χ0n) is 42.5. The van der Waals surface area contributed by atoms with Crippen LogP contribution in [0.25, 0.3) is 0 Å². The molecule has 31 heteroatoms. The van der Waals surface area contributed by atoms with Crippen molar-refractivity contribution in [3.8, 4) is 0 Å². The number of hydrogen-bond acceptors (Lipinski definition) is 1. The number of benzene rings is 4. The molecule has 0 radical (unpaired) electrons. The molecule has 6 rings (SSSR count). The standard InChI is InChI=1S/C32H12BF24.C12H28N4.C4H8O.Na/c34-25(35,36)13-1-14(26(37,38)39)6-21(5-13)33(22-7-15(27(40,41)42)2-16(8-22)28(43,44)45,23-9-17(29(46,47)48)3-18(10-23)30(49,50)51)24-11-19(31(52,53)54)4-20(12-24)32(55,56)57;1-13-5-7-14(2)9-11-16(4)12-10-15(3)8-6-13;1-2-4-5-3-1;/h1-12H;5-12H2,1-4H3;1-4H2;/q-1;;;+1/p+4. The van der Waals surface area contributed by atoms with Crippen molar-refractivity contribution in [2.45, 2.75) is 62.3 Å². The molecule has 0 saturated carbocycles. The molecule has 79 heavy (non-hydrogen) atoms. The van der Waals surface area contributed by atoms with Gasteiger partial charge in [0.1, 0.15) is 58.5 Å². The Balaban J connectivity index is 0.000000617. The quantitative estimate of drug-likeness (QED) is 0.184. The Labute approximate surface area is 459 Å². The minimum atomic E-state index is -6.13. The van der Waals surface area contributed by atoms with Crippen LogP contribution in [0.5, 0.6) is 0 Å². The van der Waals surface area contributed by atoms with E-state index >= 15 is 0 Å². The first kappa shape index (κ1) is 69.3. The monoisotopic (exact) mass is 1190 g/mol. The maximum atomic E-state index is 14.2. The van der Waals surface area contributed by atoms with Crippen molar-refractivity contribution in [3.05, 3.63) is 117 Å². The van der Waals surface area contributed by atoms with Crippen molar-refractivity contribution in [1.29, 1.82) is 0 Å². The maximum absolute atomic E-state index is 14.2. The molecule has 4 aromatic carbocycles. The molecule has 4 aromatic rings. The Bertz CT molecular complexity index is 2120. The summed E-state index contributed by atoms with van der Waals surface area (Å²) in [7, 11) is 9.35. The van der Waals surface area contributed by atoms with Crippen molar-refractivity contribution in [1.82, 2.24) is 0 Å². The van der Waals surface area contributed by atoms with Gasteiger partial charge in [-0.05, 0) is 37.1 Å². The summed E-state index contributed by atoms with van der Waals surface area (Å²) in [5.74, 6) is 0. The smallest absolute Gasteiger partial charge is 0.381 e. The van der Waals surface area contributed by atoms with Crippen LogP contribution in [0.2, 0.25) is 0 Å². The van der Waals surface area contributed by atoms with Crippen LogP contribution in [-0.4, -0.2) is 99.9 Å². The fourth-order valence-corrected chi connectivity index (χ4v) is 8.79. The van der Waals surface area contributed by atoms with Crippen LogP contribution in [0.15, 0.2) is 72.8 Å². The Morgan fingerprint density at radius 1 is 0.278 bits per heavy atom. The number of likely N-dealkylation sites (N-methyl/N-ethyl adjacent to an activating group) is 4. The van der Waals surface area contributed by atoms with Crippen molar-refractivity contribution >= 4 is 28.0 Å². The Morgan fingerprint density at radius 2 is 0.418 bits per heavy atom. The molecule has 0 amide bonds. The van der Waals surface area contributed by atoms with Gasteiger partial charge in [0.2, 0.25) is 0 Å². The van der Waals surface area contributed by atoms with Gasteiger partial charge in [0.05, 0.1) is 72.7 Å². The first-order valence-corrected chi connectivity index (χ1v) is 23.5. The maximum Gasteiger partial charge on any atom is 1.00 e. The molecule has 2 heterocycles. The summed E-state index contributed by atoms with van der Waals surface area (Å²) in [6.07, 6.45) is -52.3. The fraction of sp³-hybridized carbons (Fsp3) is 0.500. The topological polar surface area (TPSA) is 27.0 Å². The van der Waals surface area contributed by atoms with E-state index < -0.39 is 195 Å². The second kappa shape index (κ2) is 26.1. The number of alkyl halides is 24. The van der Waals surface area contributed by atoms with Crippen LogP contribution in [-0.2, 0) is 54.1 Å². The van der Waals surface area contributed by atoms with Crippen LogP contribution in [0.1, 0.15) is 57.3 Å². The molecule has 2 fully saturated rings. The average molecular weight is 1190 g/mol. The van der Waals surface area contributed by atoms with E-state index in [0.717, 1.165) is 13.2 Å². The van der Waals surface area contributed by atoms with Crippen molar-refractivity contribution in [2.75, 3.05) is 93.8 Å². The first-order valence-electron chi connectivity index (χ1n) is 23.5. The van der Waals surface area contributed by atoms with Gasteiger partial charge >= 0.3 is 79.0 Å². The SMILES string of the molecule is C1CCOC1.C[NH+]1CC[NH+](C)CC[NH+](C)CC[NH+](C)CC1.FC(F)(F)c1cc([B-](c2cc(C(F)(F)F)cc(C(F)(F)F)c2)(c2cc(C(F)(F)F)cc(C(F)(F)F)c2)c2cc(C(F)(F)F)cc(C(F)(F)F)c2)cc(C(F)(F)F)c1.[Na+]. The third-order valence-corrected chi connectivity index (χ3v) is 13.2. The van der Waals surface area contributed by atoms with Crippen LogP contribution < -0.4 is 71.0 Å². The predicted octanol–water partition coefficient (Wildman–Crippen LogP) is 3.07. The molecule has 2 aliphatic rings. The molecule has 5 nitrogen and oxygen atoms in total. The van der Waals surface area contributed by atoms with Crippen molar-refractivity contribution in [3.63, 3.8) is 0 Å². The molecule has 0 atom stereocenters. The Morgan fingerprint density at radius 3 is 0.519 bits per heavy atom. The van der Waals surface area contributed by atoms with Gasteiger partial charge < -0.3 is 24.3 Å². The van der Waals surface area contributed by atoms with E-state index in [1.165, 1.54) is 65.2 Å². The average Bonchev–Trinajstić information content (AvgIpc) is 3.90. The molecular weight excluding hydrogens is 1140 g/mol. The van der Waals surface area contributed by atoms with Crippen LogP contribution in [0.3, 0.4) is 0 Å². The van der Waals surface area contributed by atoms with Gasteiger partial charge in [-0.3, -0.25) is 0 Å². The zero-order valence-corrected chi connectivity index (χ0v) is 44.5. The molecule has 0 bridgehead atoms. The van der Waals surface area contributed by atoms with Gasteiger partial charge in [-0.25, -0.2) is 0 Å². The van der Waals surface area contributed by atoms with Crippen LogP contribution in [0, 0.1) is 0 Å². The minimum Gasteiger partial charge on any atom is -0.381 e. The second-order valence-corrected chi connectivity index (χ2v) is 19.4. The molecule has 4 N–H and O–H groups in total. The van der Waals surface area contributed by atoms with Gasteiger partial charge in [-0.1, -0.05) is 48.5 Å². The number of rotatable bonds is 4. The van der Waals surface area contributed by atoms with Gasteiger partial charge in [-0.15, -0.1) is 0 Å². The van der Waals surface area contributed by atoms with E-state index in [0.29, 0.717) is 0 Å². The summed E-state index contributed by atoms with van der Waals surface area (Å²) in [5.41, 5.74) is -30.2. The van der Waals surface area contributed by atoms with Crippen LogP contribution in [0.4, 0.5) is 105 Å². The predicted molar refractivity (Wildman–Crippen MR) is 237 cm³/mol. The fourth-order valence-electron chi connectivity index (χ4n) is 8.79. The molecule has 2 saturated heterocycles. The third-order valence-electron chi connectivity index (χ3n) is 13.2. The summed E-state index contributed by atoms with van der Waals surface area (Å²) in [4.78, 5) is 6.78. The van der Waals surface area contributed by atoms with E-state index in [4.69, 9.17) is 4.74 Å². The van der Waals surface area contributed by atoms with E-state index in [1.807, 2.05) is 0 Å². The number of ether oxygens (including phenoxy) is 1. The molecule has 2 aliphatic heterocycles. The molecule has 0 unspecified atom stereocenters. The summed E-state index contributed by atoms with van der Waals surface area (Å²) < 4.78 is 346. The van der Waals surface area contributed by atoms with Crippen molar-refractivity contribution in [2.24, 2.45) is 0 Å². The summed E-state index contributed by atoms with van der Waals surface area (Å²) in [6, 6.07) is -8.81. The number of quaternary nitrogens is 4. The summed E-state index contributed by atoms with van der Waals surface area (Å²) in [5, 5.41) is 0. The zero-order chi connectivity index (χ0) is 59.4. The van der Waals surface area contributed by atoms with E-state index in [-0.39, 0.29) is 29.6 Å². The normalized spacial score (nSPS) is 19.9. The van der Waals surface area contributed by atoms with E-state index in [2.05, 4.69) is 28.2 Å². The number of halogens is 24.